The molecular weight excluding hydrogens is 395 g/mol. The van der Waals surface area contributed by atoms with E-state index in [4.69, 9.17) is 23.2 Å². The molecule has 26 heavy (non-hydrogen) atoms. The Morgan fingerprint density at radius 3 is 2.38 bits per heavy atom. The molecule has 0 atom stereocenters. The second kappa shape index (κ2) is 7.47. The molecular formula is C18H18Cl2N2O3S. The normalized spacial score (nSPS) is 14.1. The first-order valence-electron chi connectivity index (χ1n) is 8.22. The van der Waals surface area contributed by atoms with Crippen LogP contribution in [0.1, 0.15) is 30.1 Å². The maximum Gasteiger partial charge on any atom is 0.265 e. The van der Waals surface area contributed by atoms with Gasteiger partial charge in [-0.2, -0.15) is 0 Å². The van der Waals surface area contributed by atoms with Gasteiger partial charge < -0.3 is 5.32 Å². The van der Waals surface area contributed by atoms with Crippen molar-refractivity contribution in [1.29, 1.82) is 0 Å². The van der Waals surface area contributed by atoms with Crippen LogP contribution in [0.4, 0.5) is 5.69 Å². The molecule has 1 saturated carbocycles. The lowest BCUT2D eigenvalue weighted by Crippen LogP contribution is -2.31. The fourth-order valence-electron chi connectivity index (χ4n) is 2.60. The van der Waals surface area contributed by atoms with Crippen molar-refractivity contribution in [2.75, 3.05) is 10.8 Å². The summed E-state index contributed by atoms with van der Waals surface area (Å²) in [7, 11) is -3.96. The number of nitrogens with zero attached hydrogens (tertiary/aromatic N) is 1. The number of nitrogens with one attached hydrogen (secondary N) is 1. The van der Waals surface area contributed by atoms with Gasteiger partial charge in [-0.25, -0.2) is 8.42 Å². The Labute approximate surface area is 163 Å². The molecule has 0 unspecified atom stereocenters. The Morgan fingerprint density at radius 1 is 1.15 bits per heavy atom. The summed E-state index contributed by atoms with van der Waals surface area (Å²) >= 11 is 12.3. The van der Waals surface area contributed by atoms with Gasteiger partial charge in [-0.15, -0.1) is 0 Å². The minimum atomic E-state index is -3.96. The molecule has 0 spiro atoms. The minimum absolute atomic E-state index is 0.0210. The van der Waals surface area contributed by atoms with Crippen LogP contribution in [0.15, 0.2) is 47.4 Å². The molecule has 8 heteroatoms. The second-order valence-electron chi connectivity index (χ2n) is 6.02. The van der Waals surface area contributed by atoms with Crippen molar-refractivity contribution in [3.63, 3.8) is 0 Å². The Morgan fingerprint density at radius 2 is 1.81 bits per heavy atom. The van der Waals surface area contributed by atoms with E-state index in [-0.39, 0.29) is 33.1 Å². The summed E-state index contributed by atoms with van der Waals surface area (Å²) in [5, 5.41) is 2.91. The molecule has 3 rings (SSSR count). The molecule has 2 aromatic carbocycles. The number of sulfonamides is 1. The minimum Gasteiger partial charge on any atom is -0.349 e. The summed E-state index contributed by atoms with van der Waals surface area (Å²) in [5.74, 6) is -0.395. The lowest BCUT2D eigenvalue weighted by atomic mass is 10.2. The highest BCUT2D eigenvalue weighted by molar-refractivity contribution is 7.93. The van der Waals surface area contributed by atoms with Gasteiger partial charge in [0.2, 0.25) is 0 Å². The zero-order valence-corrected chi connectivity index (χ0v) is 16.4. The van der Waals surface area contributed by atoms with Crippen LogP contribution in [0.2, 0.25) is 10.0 Å². The maximum absolute atomic E-state index is 13.2. The average molecular weight is 413 g/mol. The van der Waals surface area contributed by atoms with Crippen LogP contribution >= 0.6 is 23.2 Å². The molecule has 0 heterocycles. The van der Waals surface area contributed by atoms with Gasteiger partial charge >= 0.3 is 0 Å². The van der Waals surface area contributed by atoms with E-state index in [1.54, 1.807) is 37.3 Å². The number of carbonyl (C=O) groups is 1. The fourth-order valence-corrected chi connectivity index (χ4v) is 4.91. The summed E-state index contributed by atoms with van der Waals surface area (Å²) < 4.78 is 27.6. The number of para-hydroxylation sites is 1. The largest absolute Gasteiger partial charge is 0.349 e. The van der Waals surface area contributed by atoms with Crippen LogP contribution in [0, 0.1) is 0 Å². The quantitative estimate of drug-likeness (QED) is 0.776. The van der Waals surface area contributed by atoms with Gasteiger partial charge in [0.05, 0.1) is 21.3 Å². The summed E-state index contributed by atoms with van der Waals surface area (Å²) in [6.07, 6.45) is 1.83. The first-order chi connectivity index (χ1) is 12.3. The topological polar surface area (TPSA) is 66.5 Å². The maximum atomic E-state index is 13.2. The Kier molecular flexibility index (Phi) is 5.46. The predicted molar refractivity (Wildman–Crippen MR) is 104 cm³/mol. The van der Waals surface area contributed by atoms with E-state index >= 15 is 0 Å². The Balaban J connectivity index is 2.04. The van der Waals surface area contributed by atoms with Gasteiger partial charge in [0.25, 0.3) is 15.9 Å². The van der Waals surface area contributed by atoms with E-state index in [0.29, 0.717) is 5.69 Å². The molecule has 1 fully saturated rings. The average Bonchev–Trinajstić information content (AvgIpc) is 3.39. The molecule has 1 aliphatic rings. The first kappa shape index (κ1) is 19.0. The van der Waals surface area contributed by atoms with E-state index in [2.05, 4.69) is 5.32 Å². The molecule has 0 radical (unpaired) electrons. The SMILES string of the molecule is CCN(c1ccccc1)S(=O)(=O)c1cc(C(=O)NC2CC2)c(Cl)cc1Cl. The lowest BCUT2D eigenvalue weighted by Gasteiger charge is -2.24. The third kappa shape index (κ3) is 3.82. The van der Waals surface area contributed by atoms with Gasteiger partial charge in [-0.05, 0) is 44.0 Å². The molecule has 0 saturated heterocycles. The van der Waals surface area contributed by atoms with Gasteiger partial charge in [0.1, 0.15) is 4.90 Å². The molecule has 5 nitrogen and oxygen atoms in total. The van der Waals surface area contributed by atoms with E-state index in [1.165, 1.54) is 16.4 Å². The first-order valence-corrected chi connectivity index (χ1v) is 10.4. The number of hydrogen-bond donors (Lipinski definition) is 1. The van der Waals surface area contributed by atoms with Crippen LogP contribution in [0.5, 0.6) is 0 Å². The molecule has 1 aliphatic carbocycles. The van der Waals surface area contributed by atoms with E-state index < -0.39 is 15.9 Å². The van der Waals surface area contributed by atoms with Gasteiger partial charge in [-0.1, -0.05) is 41.4 Å². The van der Waals surface area contributed by atoms with Crippen LogP contribution in [-0.4, -0.2) is 26.9 Å². The van der Waals surface area contributed by atoms with Gasteiger partial charge in [0, 0.05) is 12.6 Å². The zero-order chi connectivity index (χ0) is 18.9. The summed E-state index contributed by atoms with van der Waals surface area (Å²) in [4.78, 5) is 12.2. The molecule has 0 aromatic heterocycles. The second-order valence-corrected chi connectivity index (χ2v) is 8.66. The van der Waals surface area contributed by atoms with E-state index in [1.807, 2.05) is 0 Å². The van der Waals surface area contributed by atoms with Crippen LogP contribution in [0.3, 0.4) is 0 Å². The number of hydrogen-bond acceptors (Lipinski definition) is 3. The van der Waals surface area contributed by atoms with E-state index in [0.717, 1.165) is 12.8 Å². The lowest BCUT2D eigenvalue weighted by molar-refractivity contribution is 0.0951. The molecule has 0 aliphatic heterocycles. The number of carbonyl (C=O) groups excluding carboxylic acids is 1. The molecule has 0 bridgehead atoms. The van der Waals surface area contributed by atoms with Crippen molar-refractivity contribution in [2.45, 2.75) is 30.7 Å². The van der Waals surface area contributed by atoms with Crippen LogP contribution in [-0.2, 0) is 10.0 Å². The standard InChI is InChI=1S/C18H18Cl2N2O3S/c1-2-22(13-6-4-3-5-7-13)26(24,25)17-10-14(15(19)11-16(17)20)18(23)21-12-8-9-12/h3-7,10-12H,2,8-9H2,1H3,(H,21,23). The number of benzene rings is 2. The Hall–Kier alpha value is -1.76. The fraction of sp³-hybridized carbons (Fsp3) is 0.278. The van der Waals surface area contributed by atoms with Crippen molar-refractivity contribution in [3.05, 3.63) is 58.1 Å². The number of halogens is 2. The van der Waals surface area contributed by atoms with Crippen molar-refractivity contribution in [3.8, 4) is 0 Å². The van der Waals surface area contributed by atoms with Crippen molar-refractivity contribution in [1.82, 2.24) is 5.32 Å². The monoisotopic (exact) mass is 412 g/mol. The zero-order valence-electron chi connectivity index (χ0n) is 14.1. The van der Waals surface area contributed by atoms with Crippen LogP contribution < -0.4 is 9.62 Å². The summed E-state index contributed by atoms with van der Waals surface area (Å²) in [6, 6.07) is 11.4. The third-order valence-electron chi connectivity index (χ3n) is 4.08. The molecule has 1 amide bonds. The van der Waals surface area contributed by atoms with Crippen molar-refractivity contribution in [2.24, 2.45) is 0 Å². The van der Waals surface area contributed by atoms with Gasteiger partial charge in [0.15, 0.2) is 0 Å². The van der Waals surface area contributed by atoms with Gasteiger partial charge in [-0.3, -0.25) is 9.10 Å². The smallest absolute Gasteiger partial charge is 0.265 e. The number of rotatable bonds is 6. The highest BCUT2D eigenvalue weighted by Gasteiger charge is 2.30. The summed E-state index contributed by atoms with van der Waals surface area (Å²) in [5.41, 5.74) is 0.621. The molecule has 1 N–H and O–H groups in total. The number of anilines is 1. The highest BCUT2D eigenvalue weighted by Crippen LogP contribution is 2.33. The van der Waals surface area contributed by atoms with Crippen molar-refractivity contribution < 1.29 is 13.2 Å². The number of amides is 1. The Bertz CT molecular complexity index is 929. The third-order valence-corrected chi connectivity index (χ3v) is 6.76. The molecule has 2 aromatic rings. The predicted octanol–water partition coefficient (Wildman–Crippen LogP) is 4.10. The summed E-state index contributed by atoms with van der Waals surface area (Å²) in [6.45, 7) is 1.95. The highest BCUT2D eigenvalue weighted by atomic mass is 35.5. The van der Waals surface area contributed by atoms with E-state index in [9.17, 15) is 13.2 Å². The van der Waals surface area contributed by atoms with Crippen molar-refractivity contribution >= 4 is 44.8 Å². The molecule has 138 valence electrons. The van der Waals surface area contributed by atoms with Crippen LogP contribution in [0.25, 0.3) is 0 Å².